The maximum atomic E-state index is 13.9. The molecule has 28 nitrogen and oxygen atoms in total. The maximum Gasteiger partial charge on any atom is 0.373 e. The molecule has 2 aliphatic rings. The first-order chi connectivity index (χ1) is 37.4. The van der Waals surface area contributed by atoms with E-state index >= 15 is 0 Å². The number of carboxylic acid groups (broad SMARTS) is 6. The minimum absolute atomic E-state index is 0.0114. The van der Waals surface area contributed by atoms with E-state index in [1.165, 1.54) is 12.1 Å². The summed E-state index contributed by atoms with van der Waals surface area (Å²) in [5, 5.41) is 56.5. The van der Waals surface area contributed by atoms with Crippen molar-refractivity contribution in [2.45, 2.75) is 80.1 Å². The fourth-order valence-electron chi connectivity index (χ4n) is 8.50. The fraction of sp³-hybridized carbons (Fsp3) is 0.231. The molecule has 2 aliphatic carbocycles. The van der Waals surface area contributed by atoms with Gasteiger partial charge in [0.15, 0.2) is 23.1 Å². The lowest BCUT2D eigenvalue weighted by molar-refractivity contribution is -0.193. The van der Waals surface area contributed by atoms with E-state index in [1.807, 2.05) is 0 Å². The molecule has 0 bridgehead atoms. The Labute approximate surface area is 446 Å². The van der Waals surface area contributed by atoms with Crippen LogP contribution in [0.1, 0.15) is 130 Å². The molecule has 416 valence electrons. The molecule has 0 unspecified atom stereocenters. The zero-order valence-corrected chi connectivity index (χ0v) is 42.2. The van der Waals surface area contributed by atoms with Gasteiger partial charge in [0.25, 0.3) is 0 Å². The van der Waals surface area contributed by atoms with E-state index in [4.69, 9.17) is 67.7 Å². The number of ketones is 4. The lowest BCUT2D eigenvalue weighted by Crippen LogP contribution is -2.31. The Bertz CT molecular complexity index is 3130. The Hall–Kier alpha value is -11.3. The lowest BCUT2D eigenvalue weighted by atomic mass is 9.71. The van der Waals surface area contributed by atoms with Crippen molar-refractivity contribution in [3.63, 3.8) is 0 Å². The van der Waals surface area contributed by atoms with Gasteiger partial charge in [0.2, 0.25) is 0 Å². The second kappa shape index (κ2) is 33.6. The van der Waals surface area contributed by atoms with Gasteiger partial charge < -0.3 is 30.6 Å². The van der Waals surface area contributed by atoms with Crippen LogP contribution in [-0.4, -0.2) is 126 Å². The molecule has 0 saturated carbocycles. The molecule has 4 aromatic rings. The summed E-state index contributed by atoms with van der Waals surface area (Å²) in [7, 11) is 0. The van der Waals surface area contributed by atoms with Gasteiger partial charge in [0.05, 0.1) is 38.5 Å². The predicted octanol–water partition coefficient (Wildman–Crippen LogP) is 1.04. The molecule has 0 radical (unpaired) electrons. The molecule has 80 heavy (non-hydrogen) atoms. The van der Waals surface area contributed by atoms with Gasteiger partial charge in [-0.15, -0.1) is 0 Å². The standard InChI is InChI=1S/C26H24O10.C20H16O6.6CO2/c1-9-10(2)12(4)22-21(11(9)3)25(35)23-15(7-19(31)32)13(5-17(27)28)14(6-18(29)30)16(8-20(33)34)24(23)26(22)36;1-9-3-4-10(2)16-15(9)19(25)17-11(7-13(21)22)5-6-12(8-14(23)24)18(17)20(16)26;6*2-1-3/h5-8H2,1-4H3,(H,27,28)(H,29,30)(H,31,32)(H,33,34);3-6H,7-8H2,1-2H3,(H,21,22)(H,23,24);;;;;;. The number of carboxylic acids is 6. The highest BCUT2D eigenvalue weighted by molar-refractivity contribution is 6.32. The quantitative estimate of drug-likeness (QED) is 0.0996. The first-order valence-electron chi connectivity index (χ1n) is 21.4. The maximum absolute atomic E-state index is 13.9. The molecule has 0 heterocycles. The van der Waals surface area contributed by atoms with Gasteiger partial charge in [-0.3, -0.25) is 47.9 Å². The summed E-state index contributed by atoms with van der Waals surface area (Å²) < 4.78 is 0. The smallest absolute Gasteiger partial charge is 0.373 e. The number of rotatable bonds is 12. The normalized spacial score (nSPS) is 10.2. The van der Waals surface area contributed by atoms with Gasteiger partial charge >= 0.3 is 72.7 Å². The highest BCUT2D eigenvalue weighted by Gasteiger charge is 2.41. The molecular formula is C52H40O28. The summed E-state index contributed by atoms with van der Waals surface area (Å²) in [6, 6.07) is 6.32. The second-order valence-electron chi connectivity index (χ2n) is 15.7. The van der Waals surface area contributed by atoms with Crippen molar-refractivity contribution < 1.29 is 136 Å². The molecule has 0 fully saturated rings. The molecule has 6 N–H and O–H groups in total. The minimum atomic E-state index is -1.44. The summed E-state index contributed by atoms with van der Waals surface area (Å²) in [5.74, 6) is -10.3. The Morgan fingerprint density at radius 3 is 0.700 bits per heavy atom. The summed E-state index contributed by atoms with van der Waals surface area (Å²) in [6.45, 7) is 10.3. The molecule has 0 spiro atoms. The van der Waals surface area contributed by atoms with Crippen LogP contribution in [-0.2, 0) is 125 Å². The number of aryl methyl sites for hydroxylation is 2. The largest absolute Gasteiger partial charge is 0.481 e. The van der Waals surface area contributed by atoms with Crippen LogP contribution >= 0.6 is 0 Å². The summed E-state index contributed by atoms with van der Waals surface area (Å²) in [4.78, 5) is 221. The van der Waals surface area contributed by atoms with Gasteiger partial charge in [-0.2, -0.15) is 57.5 Å². The van der Waals surface area contributed by atoms with Crippen LogP contribution in [0.3, 0.4) is 0 Å². The lowest BCUT2D eigenvalue weighted by Gasteiger charge is -2.30. The number of carbonyl (C=O) groups excluding carboxylic acids is 16. The molecule has 6 rings (SSSR count). The monoisotopic (exact) mass is 1110 g/mol. The first kappa shape index (κ1) is 70.7. The van der Waals surface area contributed by atoms with Crippen LogP contribution in [0, 0.1) is 41.5 Å². The zero-order chi connectivity index (χ0) is 62.6. The number of hydrogen-bond donors (Lipinski definition) is 6. The molecular weight excluding hydrogens is 1070 g/mol. The van der Waals surface area contributed by atoms with Crippen LogP contribution in [0.4, 0.5) is 0 Å². The van der Waals surface area contributed by atoms with E-state index in [1.54, 1.807) is 53.7 Å². The Morgan fingerprint density at radius 2 is 0.487 bits per heavy atom. The fourth-order valence-corrected chi connectivity index (χ4v) is 8.50. The molecule has 0 atom stereocenters. The van der Waals surface area contributed by atoms with E-state index in [0.29, 0.717) is 22.3 Å². The van der Waals surface area contributed by atoms with Crippen molar-refractivity contribution in [3.8, 4) is 0 Å². The van der Waals surface area contributed by atoms with Crippen LogP contribution in [0.25, 0.3) is 0 Å². The summed E-state index contributed by atoms with van der Waals surface area (Å²) in [6.07, 6.45) is -2.77. The van der Waals surface area contributed by atoms with E-state index in [2.05, 4.69) is 0 Å². The van der Waals surface area contributed by atoms with E-state index in [-0.39, 0.29) is 115 Å². The summed E-state index contributed by atoms with van der Waals surface area (Å²) in [5.41, 5.74) is 2.94. The van der Waals surface area contributed by atoms with E-state index in [0.717, 1.165) is 11.1 Å². The third kappa shape index (κ3) is 17.9. The van der Waals surface area contributed by atoms with Crippen molar-refractivity contribution >= 4 is 95.9 Å². The third-order valence-electron chi connectivity index (χ3n) is 11.4. The Balaban J connectivity index is 0. The van der Waals surface area contributed by atoms with Crippen LogP contribution in [0.5, 0.6) is 0 Å². The number of fused-ring (bicyclic) bond motifs is 4. The van der Waals surface area contributed by atoms with Gasteiger partial charge in [0, 0.05) is 44.5 Å². The summed E-state index contributed by atoms with van der Waals surface area (Å²) >= 11 is 0. The number of benzene rings is 4. The molecule has 0 saturated heterocycles. The average molecular weight is 1110 g/mol. The van der Waals surface area contributed by atoms with Crippen LogP contribution < -0.4 is 0 Å². The van der Waals surface area contributed by atoms with E-state index in [9.17, 15) is 68.4 Å². The van der Waals surface area contributed by atoms with Gasteiger partial charge in [0.1, 0.15) is 0 Å². The van der Waals surface area contributed by atoms with Crippen LogP contribution in [0.15, 0.2) is 24.3 Å². The van der Waals surface area contributed by atoms with Crippen molar-refractivity contribution in [2.24, 2.45) is 0 Å². The number of carbonyl (C=O) groups is 10. The topological polar surface area (TPSA) is 497 Å². The van der Waals surface area contributed by atoms with E-state index < -0.39 is 97.5 Å². The average Bonchev–Trinajstić information content (AvgIpc) is 3.34. The third-order valence-corrected chi connectivity index (χ3v) is 11.4. The highest BCUT2D eigenvalue weighted by atomic mass is 16.4. The minimum Gasteiger partial charge on any atom is -0.481 e. The molecule has 4 aromatic carbocycles. The van der Waals surface area contributed by atoms with Crippen molar-refractivity contribution in [3.05, 3.63) is 136 Å². The molecule has 0 amide bonds. The van der Waals surface area contributed by atoms with Gasteiger partial charge in [-0.1, -0.05) is 24.3 Å². The van der Waals surface area contributed by atoms with Gasteiger partial charge in [-0.05, 0) is 108 Å². The van der Waals surface area contributed by atoms with Crippen molar-refractivity contribution in [1.29, 1.82) is 0 Å². The molecule has 0 aromatic heterocycles. The SMILES string of the molecule is Cc1c(C)c(C)c2c(c1C)C(=O)c1c(CC(=O)O)c(CC(=O)O)c(CC(=O)O)c(CC(=O)O)c1C2=O.Cc1ccc(C)c2c1C(=O)c1c(CC(=O)O)ccc(CC(=O)O)c1C2=O.O=C=O.O=C=O.O=C=O.O=C=O.O=C=O.O=C=O. The number of aliphatic carboxylic acids is 6. The Morgan fingerprint density at radius 1 is 0.287 bits per heavy atom. The van der Waals surface area contributed by atoms with Crippen molar-refractivity contribution in [1.82, 2.24) is 0 Å². The zero-order valence-electron chi connectivity index (χ0n) is 42.2. The molecule has 0 aliphatic heterocycles. The van der Waals surface area contributed by atoms with Gasteiger partial charge in [-0.25, -0.2) is 0 Å². The highest BCUT2D eigenvalue weighted by Crippen LogP contribution is 2.41. The Kier molecular flexibility index (Phi) is 29.7. The second-order valence-corrected chi connectivity index (χ2v) is 15.7. The van der Waals surface area contributed by atoms with Crippen LogP contribution in [0.2, 0.25) is 0 Å². The first-order valence-corrected chi connectivity index (χ1v) is 21.4. The molecule has 28 heteroatoms. The van der Waals surface area contributed by atoms with Crippen molar-refractivity contribution in [2.75, 3.05) is 0 Å². The number of hydrogen-bond acceptors (Lipinski definition) is 22. The predicted molar refractivity (Wildman–Crippen MR) is 246 cm³/mol.